The Morgan fingerprint density at radius 2 is 2.18 bits per heavy atom. The number of methoxy groups -OCH3 is 1. The Morgan fingerprint density at radius 3 is 2.73 bits per heavy atom. The van der Waals surface area contributed by atoms with E-state index in [1.165, 1.54) is 7.11 Å². The summed E-state index contributed by atoms with van der Waals surface area (Å²) in [6.45, 7) is 1.99. The lowest BCUT2D eigenvalue weighted by atomic mass is 10.1. The van der Waals surface area contributed by atoms with Crippen molar-refractivity contribution in [1.29, 1.82) is 5.41 Å². The average molecular weight is 149 g/mol. The van der Waals surface area contributed by atoms with Crippen LogP contribution in [0.2, 0.25) is 0 Å². The Hall–Kier alpha value is -1.31. The zero-order valence-corrected chi connectivity index (χ0v) is 6.72. The third-order valence-electron chi connectivity index (χ3n) is 1.48. The number of benzene rings is 1. The summed E-state index contributed by atoms with van der Waals surface area (Å²) in [5.41, 5.74) is 1.97. The number of hydrogen-bond donors (Lipinski definition) is 1. The summed E-state index contributed by atoms with van der Waals surface area (Å²) in [7, 11) is 1.50. The Kier molecular flexibility index (Phi) is 2.26. The van der Waals surface area contributed by atoms with Gasteiger partial charge in [-0.2, -0.15) is 0 Å². The lowest BCUT2D eigenvalue weighted by Gasteiger charge is -2.01. The quantitative estimate of drug-likeness (QED) is 0.480. The smallest absolute Gasteiger partial charge is 0.212 e. The van der Waals surface area contributed by atoms with Crippen LogP contribution < -0.4 is 0 Å². The van der Waals surface area contributed by atoms with Crippen molar-refractivity contribution in [3.63, 3.8) is 0 Å². The minimum absolute atomic E-state index is 0.216. The number of hydrogen-bond acceptors (Lipinski definition) is 2. The van der Waals surface area contributed by atoms with Gasteiger partial charge >= 0.3 is 0 Å². The third kappa shape index (κ3) is 1.80. The summed E-state index contributed by atoms with van der Waals surface area (Å²) in [5, 5.41) is 7.35. The van der Waals surface area contributed by atoms with Crippen LogP contribution >= 0.6 is 0 Å². The van der Waals surface area contributed by atoms with Gasteiger partial charge < -0.3 is 4.74 Å². The second kappa shape index (κ2) is 3.19. The van der Waals surface area contributed by atoms with Crippen molar-refractivity contribution < 1.29 is 4.74 Å². The van der Waals surface area contributed by atoms with Gasteiger partial charge in [-0.1, -0.05) is 17.7 Å². The van der Waals surface area contributed by atoms with Crippen molar-refractivity contribution in [1.82, 2.24) is 0 Å². The summed E-state index contributed by atoms with van der Waals surface area (Å²) in [6.07, 6.45) is 0. The van der Waals surface area contributed by atoms with E-state index in [0.717, 1.165) is 11.1 Å². The van der Waals surface area contributed by atoms with Gasteiger partial charge in [0.05, 0.1) is 7.11 Å². The first kappa shape index (κ1) is 7.79. The third-order valence-corrected chi connectivity index (χ3v) is 1.48. The molecule has 2 nitrogen and oxygen atoms in total. The topological polar surface area (TPSA) is 33.1 Å². The van der Waals surface area contributed by atoms with E-state index in [-0.39, 0.29) is 5.90 Å². The van der Waals surface area contributed by atoms with E-state index in [9.17, 15) is 0 Å². The summed E-state index contributed by atoms with van der Waals surface area (Å²) in [6, 6.07) is 7.69. The molecule has 0 amide bonds. The molecule has 0 spiro atoms. The Bertz CT molecular complexity index is 268. The molecule has 0 aliphatic rings. The summed E-state index contributed by atoms with van der Waals surface area (Å²) >= 11 is 0. The molecule has 1 aromatic carbocycles. The monoisotopic (exact) mass is 149 g/mol. The zero-order valence-electron chi connectivity index (χ0n) is 6.72. The molecule has 2 heteroatoms. The first-order valence-corrected chi connectivity index (χ1v) is 3.43. The number of aryl methyl sites for hydroxylation is 1. The maximum Gasteiger partial charge on any atom is 0.212 e. The van der Waals surface area contributed by atoms with E-state index in [2.05, 4.69) is 0 Å². The van der Waals surface area contributed by atoms with Gasteiger partial charge in [-0.25, -0.2) is 0 Å². The molecule has 11 heavy (non-hydrogen) atoms. The predicted octanol–water partition coefficient (Wildman–Crippen LogP) is 1.97. The first-order chi connectivity index (χ1) is 5.24. The first-order valence-electron chi connectivity index (χ1n) is 3.43. The van der Waals surface area contributed by atoms with Crippen molar-refractivity contribution in [2.24, 2.45) is 0 Å². The fraction of sp³-hybridized carbons (Fsp3) is 0.222. The minimum atomic E-state index is 0.216. The summed E-state index contributed by atoms with van der Waals surface area (Å²) < 4.78 is 4.77. The molecule has 0 radical (unpaired) electrons. The second-order valence-electron chi connectivity index (χ2n) is 2.40. The molecule has 0 aliphatic carbocycles. The number of rotatable bonds is 1. The van der Waals surface area contributed by atoms with E-state index in [1.807, 2.05) is 31.2 Å². The van der Waals surface area contributed by atoms with Crippen LogP contribution in [0.3, 0.4) is 0 Å². The lowest BCUT2D eigenvalue weighted by Crippen LogP contribution is -2.00. The highest BCUT2D eigenvalue weighted by Crippen LogP contribution is 2.04. The van der Waals surface area contributed by atoms with Crippen LogP contribution in [0.4, 0.5) is 0 Å². The summed E-state index contributed by atoms with van der Waals surface area (Å²) in [4.78, 5) is 0. The van der Waals surface area contributed by atoms with Gasteiger partial charge in [0.25, 0.3) is 0 Å². The van der Waals surface area contributed by atoms with E-state index in [4.69, 9.17) is 10.1 Å². The lowest BCUT2D eigenvalue weighted by molar-refractivity contribution is 0.401. The standard InChI is InChI=1S/C9H11NO/c1-7-4-3-5-8(6-7)9(10)11-2/h3-6,10H,1-2H3. The molecule has 1 aromatic rings. The van der Waals surface area contributed by atoms with Crippen LogP contribution in [0.5, 0.6) is 0 Å². The SMILES string of the molecule is COC(=N)c1cccc(C)c1. The van der Waals surface area contributed by atoms with Gasteiger partial charge in [-0.3, -0.25) is 5.41 Å². The number of nitrogens with one attached hydrogen (secondary N) is 1. The van der Waals surface area contributed by atoms with E-state index in [1.54, 1.807) is 0 Å². The predicted molar refractivity (Wildman–Crippen MR) is 45.0 cm³/mol. The molecule has 0 atom stereocenters. The molecule has 0 saturated carbocycles. The van der Waals surface area contributed by atoms with Gasteiger partial charge in [-0.15, -0.1) is 0 Å². The molecule has 0 heterocycles. The fourth-order valence-electron chi connectivity index (χ4n) is 0.904. The van der Waals surface area contributed by atoms with Crippen LogP contribution in [0.15, 0.2) is 24.3 Å². The zero-order chi connectivity index (χ0) is 8.27. The van der Waals surface area contributed by atoms with Gasteiger partial charge in [0, 0.05) is 5.56 Å². The maximum absolute atomic E-state index is 7.35. The second-order valence-corrected chi connectivity index (χ2v) is 2.40. The molecule has 0 unspecified atom stereocenters. The molecule has 0 fully saturated rings. The molecular weight excluding hydrogens is 138 g/mol. The van der Waals surface area contributed by atoms with Crippen molar-refractivity contribution in [2.75, 3.05) is 7.11 Å². The van der Waals surface area contributed by atoms with Gasteiger partial charge in [0.2, 0.25) is 5.90 Å². The maximum atomic E-state index is 7.35. The molecule has 1 N–H and O–H groups in total. The molecule has 0 aromatic heterocycles. The molecule has 0 aliphatic heterocycles. The van der Waals surface area contributed by atoms with Gasteiger partial charge in [0.15, 0.2) is 0 Å². The van der Waals surface area contributed by atoms with Gasteiger partial charge in [-0.05, 0) is 19.1 Å². The fourth-order valence-corrected chi connectivity index (χ4v) is 0.904. The molecule has 0 saturated heterocycles. The largest absolute Gasteiger partial charge is 0.481 e. The minimum Gasteiger partial charge on any atom is -0.481 e. The molecule has 1 rings (SSSR count). The van der Waals surface area contributed by atoms with Crippen LogP contribution in [-0.2, 0) is 4.74 Å². The van der Waals surface area contributed by atoms with E-state index in [0.29, 0.717) is 0 Å². The van der Waals surface area contributed by atoms with Crippen molar-refractivity contribution in [2.45, 2.75) is 6.92 Å². The highest BCUT2D eigenvalue weighted by Gasteiger charge is 1.98. The van der Waals surface area contributed by atoms with E-state index >= 15 is 0 Å². The van der Waals surface area contributed by atoms with Crippen molar-refractivity contribution in [3.05, 3.63) is 35.4 Å². The highest BCUT2D eigenvalue weighted by molar-refractivity contribution is 5.91. The molecule has 0 bridgehead atoms. The Balaban J connectivity index is 2.96. The van der Waals surface area contributed by atoms with Crippen LogP contribution in [0, 0.1) is 12.3 Å². The average Bonchev–Trinajstić information content (AvgIpc) is 2.03. The van der Waals surface area contributed by atoms with E-state index < -0.39 is 0 Å². The van der Waals surface area contributed by atoms with Crippen molar-refractivity contribution in [3.8, 4) is 0 Å². The normalized spacial score (nSPS) is 9.27. The number of ether oxygens (including phenoxy) is 1. The molecule has 58 valence electrons. The van der Waals surface area contributed by atoms with Gasteiger partial charge in [0.1, 0.15) is 0 Å². The highest BCUT2D eigenvalue weighted by atomic mass is 16.5. The van der Waals surface area contributed by atoms with Crippen LogP contribution in [0.1, 0.15) is 11.1 Å². The summed E-state index contributed by atoms with van der Waals surface area (Å²) in [5.74, 6) is 0.216. The van der Waals surface area contributed by atoms with Crippen LogP contribution in [0.25, 0.3) is 0 Å². The Morgan fingerprint density at radius 1 is 1.45 bits per heavy atom. The van der Waals surface area contributed by atoms with Crippen LogP contribution in [-0.4, -0.2) is 13.0 Å². The molecular formula is C9H11NO. The Labute approximate surface area is 66.3 Å². The van der Waals surface area contributed by atoms with Crippen molar-refractivity contribution >= 4 is 5.90 Å².